The van der Waals surface area contributed by atoms with Gasteiger partial charge in [0.05, 0.1) is 29.3 Å². The number of thioether (sulfide) groups is 1. The van der Waals surface area contributed by atoms with E-state index >= 15 is 0 Å². The molecule has 2 bridgehead atoms. The lowest BCUT2D eigenvalue weighted by Crippen LogP contribution is -2.63. The molecule has 0 saturated carbocycles. The van der Waals surface area contributed by atoms with Crippen LogP contribution in [0.1, 0.15) is 76.3 Å². The highest BCUT2D eigenvalue weighted by Gasteiger charge is 2.48. The van der Waals surface area contributed by atoms with Crippen molar-refractivity contribution in [1.82, 2.24) is 9.80 Å². The maximum absolute atomic E-state index is 14.3. The van der Waals surface area contributed by atoms with Gasteiger partial charge in [-0.1, -0.05) is 42.0 Å². The zero-order valence-electron chi connectivity index (χ0n) is 26.1. The van der Waals surface area contributed by atoms with E-state index in [0.717, 1.165) is 60.6 Å². The molecule has 3 saturated heterocycles. The molecule has 7 atom stereocenters. The zero-order valence-corrected chi connectivity index (χ0v) is 27.7. The number of benzene rings is 1. The highest BCUT2D eigenvalue weighted by Crippen LogP contribution is 2.47. The normalized spacial score (nSPS) is 32.4. The molecule has 6 nitrogen and oxygen atoms in total. The number of aliphatic hydroxyl groups excluding tert-OH is 1. The number of fused-ring (bicyclic) bond motifs is 3. The monoisotopic (exact) mass is 666 g/mol. The fraction of sp³-hybridized carbons (Fsp3) is 0.528. The molecule has 0 spiro atoms. The number of amidine groups is 1. The van der Waals surface area contributed by atoms with Crippen LogP contribution in [0.2, 0.25) is 5.02 Å². The molecule has 10 heteroatoms. The average molecular weight is 667 g/mol. The molecule has 0 aromatic heterocycles. The molecule has 244 valence electrons. The third-order valence-electron chi connectivity index (χ3n) is 10.3. The van der Waals surface area contributed by atoms with Crippen LogP contribution in [0.15, 0.2) is 75.2 Å². The van der Waals surface area contributed by atoms with Crippen LogP contribution in [0, 0.1) is 11.7 Å². The number of hydrogen-bond acceptors (Lipinski definition) is 6. The standard InChI is InChI=1S/C36H41ClF2N4O2S/c1-20-4-3-13-46-35(20)36-41-34(28-10-7-23(39)15-29(28)37)33(30-11-9-24(40-30)8-5-21(2)38)31-14-22(19-42(31)36)6-12-32(45)43-25-16-26(43)18-27(44)17-25/h3,7,9-11,13,15,21-22,24-27,34-35,44H,1,4-6,8,12,14,16-19H2,2H3/t21?,22?,24?,25?,26?,27?,34-,35?/m0/s1. The van der Waals surface area contributed by atoms with Crippen molar-refractivity contribution >= 4 is 40.8 Å². The van der Waals surface area contributed by atoms with Crippen molar-refractivity contribution in [2.45, 2.75) is 106 Å². The number of aliphatic hydroxyl groups is 1. The molecule has 6 unspecified atom stereocenters. The van der Waals surface area contributed by atoms with E-state index in [-0.39, 0.29) is 41.3 Å². The lowest BCUT2D eigenvalue weighted by Gasteiger charge is -2.54. The van der Waals surface area contributed by atoms with Gasteiger partial charge in [0.25, 0.3) is 0 Å². The number of alkyl halides is 1. The second-order valence-electron chi connectivity index (χ2n) is 13.7. The van der Waals surface area contributed by atoms with Gasteiger partial charge in [0.2, 0.25) is 5.91 Å². The first-order valence-corrected chi connectivity index (χ1v) is 17.9. The van der Waals surface area contributed by atoms with E-state index in [1.165, 1.54) is 12.1 Å². The zero-order chi connectivity index (χ0) is 32.1. The molecule has 46 heavy (non-hydrogen) atoms. The molecule has 7 rings (SSSR count). The molecule has 6 aliphatic heterocycles. The minimum atomic E-state index is -0.896. The van der Waals surface area contributed by atoms with E-state index in [1.807, 2.05) is 17.1 Å². The van der Waals surface area contributed by atoms with Gasteiger partial charge in [-0.2, -0.15) is 0 Å². The molecule has 1 aromatic carbocycles. The molecule has 6 aliphatic rings. The van der Waals surface area contributed by atoms with Crippen LogP contribution in [0.25, 0.3) is 0 Å². The van der Waals surface area contributed by atoms with Crippen LogP contribution in [-0.4, -0.2) is 74.6 Å². The molecule has 1 amide bonds. The summed E-state index contributed by atoms with van der Waals surface area (Å²) >= 11 is 8.42. The van der Waals surface area contributed by atoms with Crippen molar-refractivity contribution in [1.29, 1.82) is 0 Å². The number of amides is 1. The van der Waals surface area contributed by atoms with Crippen molar-refractivity contribution < 1.29 is 18.7 Å². The molecular weight excluding hydrogens is 626 g/mol. The Morgan fingerprint density at radius 3 is 2.76 bits per heavy atom. The van der Waals surface area contributed by atoms with Crippen LogP contribution < -0.4 is 0 Å². The predicted molar refractivity (Wildman–Crippen MR) is 181 cm³/mol. The van der Waals surface area contributed by atoms with E-state index < -0.39 is 18.0 Å². The Morgan fingerprint density at radius 2 is 2.02 bits per heavy atom. The minimum Gasteiger partial charge on any atom is -0.393 e. The van der Waals surface area contributed by atoms with Crippen molar-refractivity contribution in [3.63, 3.8) is 0 Å². The Bertz CT molecular complexity index is 1560. The summed E-state index contributed by atoms with van der Waals surface area (Å²) in [5.74, 6) is 0.913. The SMILES string of the molecule is C=C1CC=CSC1C1=N[C@@H](c2ccc(F)cc2Cl)C(C2=NC(CCC(C)F)C=C2)=C2CC(CCC(=O)N3C4CC(O)CC3C4)CN12. The topological polar surface area (TPSA) is 68.5 Å². The first-order chi connectivity index (χ1) is 22.2. The van der Waals surface area contributed by atoms with Gasteiger partial charge in [-0.05, 0) is 87.8 Å². The number of nitrogens with zero attached hydrogens (tertiary/aromatic N) is 4. The van der Waals surface area contributed by atoms with Gasteiger partial charge in [-0.3, -0.25) is 14.8 Å². The summed E-state index contributed by atoms with van der Waals surface area (Å²) in [5, 5.41) is 12.4. The fourth-order valence-electron chi connectivity index (χ4n) is 8.04. The molecular formula is C36H41ClF2N4O2S. The summed E-state index contributed by atoms with van der Waals surface area (Å²) in [5.41, 5.74) is 4.66. The van der Waals surface area contributed by atoms with Crippen LogP contribution in [0.3, 0.4) is 0 Å². The first-order valence-electron chi connectivity index (χ1n) is 16.6. The Balaban J connectivity index is 1.23. The van der Waals surface area contributed by atoms with Crippen LogP contribution in [-0.2, 0) is 4.79 Å². The van der Waals surface area contributed by atoms with Crippen molar-refractivity contribution in [3.05, 3.63) is 81.7 Å². The lowest BCUT2D eigenvalue weighted by atomic mass is 9.77. The number of rotatable bonds is 9. The van der Waals surface area contributed by atoms with Gasteiger partial charge in [-0.25, -0.2) is 8.78 Å². The van der Waals surface area contributed by atoms with Crippen molar-refractivity contribution in [2.24, 2.45) is 15.9 Å². The number of piperidine rings is 1. The van der Waals surface area contributed by atoms with E-state index in [9.17, 15) is 18.7 Å². The highest BCUT2D eigenvalue weighted by atomic mass is 35.5. The maximum atomic E-state index is 14.3. The van der Waals surface area contributed by atoms with Gasteiger partial charge in [0.15, 0.2) is 0 Å². The summed E-state index contributed by atoms with van der Waals surface area (Å²) < 4.78 is 28.0. The fourth-order valence-corrected chi connectivity index (χ4v) is 9.28. The quantitative estimate of drug-likeness (QED) is 0.277. The summed E-state index contributed by atoms with van der Waals surface area (Å²) in [7, 11) is 0. The van der Waals surface area contributed by atoms with Gasteiger partial charge in [0, 0.05) is 46.9 Å². The summed E-state index contributed by atoms with van der Waals surface area (Å²) in [6.07, 6.45) is 11.1. The van der Waals surface area contributed by atoms with E-state index in [0.29, 0.717) is 42.7 Å². The second kappa shape index (κ2) is 13.0. The number of carbonyl (C=O) groups excluding carboxylic acids is 1. The lowest BCUT2D eigenvalue weighted by molar-refractivity contribution is -0.155. The molecule has 1 aromatic rings. The number of hydrogen-bond donors (Lipinski definition) is 1. The average Bonchev–Trinajstić information content (AvgIpc) is 3.66. The van der Waals surface area contributed by atoms with E-state index in [4.69, 9.17) is 21.6 Å². The molecule has 6 heterocycles. The summed E-state index contributed by atoms with van der Waals surface area (Å²) in [6, 6.07) is 4.21. The largest absolute Gasteiger partial charge is 0.393 e. The van der Waals surface area contributed by atoms with Crippen molar-refractivity contribution in [2.75, 3.05) is 6.54 Å². The van der Waals surface area contributed by atoms with E-state index in [2.05, 4.69) is 23.0 Å². The number of aliphatic imine (C=N–C) groups is 2. The first kappa shape index (κ1) is 31.8. The summed E-state index contributed by atoms with van der Waals surface area (Å²) in [6.45, 7) is 6.70. The molecule has 1 N–H and O–H groups in total. The Kier molecular flexibility index (Phi) is 9.02. The van der Waals surface area contributed by atoms with Crippen LogP contribution in [0.4, 0.5) is 8.78 Å². The minimum absolute atomic E-state index is 0.0459. The number of carbonyl (C=O) groups is 1. The predicted octanol–water partition coefficient (Wildman–Crippen LogP) is 7.51. The van der Waals surface area contributed by atoms with Crippen LogP contribution >= 0.6 is 23.4 Å². The van der Waals surface area contributed by atoms with Gasteiger partial charge < -0.3 is 14.9 Å². The van der Waals surface area contributed by atoms with Gasteiger partial charge in [0.1, 0.15) is 17.7 Å². The third-order valence-corrected chi connectivity index (χ3v) is 11.8. The number of halogens is 3. The molecule has 0 aliphatic carbocycles. The Hall–Kier alpha value is -2.75. The molecule has 0 radical (unpaired) electrons. The Labute approximate surface area is 279 Å². The third kappa shape index (κ3) is 6.15. The van der Waals surface area contributed by atoms with Crippen molar-refractivity contribution in [3.8, 4) is 0 Å². The molecule has 3 fully saturated rings. The summed E-state index contributed by atoms with van der Waals surface area (Å²) in [4.78, 5) is 28.2. The van der Waals surface area contributed by atoms with E-state index in [1.54, 1.807) is 24.8 Å². The Morgan fingerprint density at radius 1 is 1.22 bits per heavy atom. The number of allylic oxidation sites excluding steroid dienone is 3. The van der Waals surface area contributed by atoms with Gasteiger partial charge >= 0.3 is 0 Å². The van der Waals surface area contributed by atoms with Crippen LogP contribution in [0.5, 0.6) is 0 Å². The highest BCUT2D eigenvalue weighted by molar-refractivity contribution is 8.03. The maximum Gasteiger partial charge on any atom is 0.223 e. The van der Waals surface area contributed by atoms with Gasteiger partial charge in [-0.15, -0.1) is 11.8 Å². The second-order valence-corrected chi connectivity index (χ2v) is 15.1. The smallest absolute Gasteiger partial charge is 0.223 e.